The molecule has 1 N–H and O–H groups in total. The number of benzene rings is 2. The fourth-order valence-corrected chi connectivity index (χ4v) is 4.83. The summed E-state index contributed by atoms with van der Waals surface area (Å²) in [7, 11) is -3.71. The van der Waals surface area contributed by atoms with Crippen LogP contribution >= 0.6 is 0 Å². The molecule has 2 aromatic carbocycles. The number of amides is 1. The monoisotopic (exact) mass is 473 g/mol. The van der Waals surface area contributed by atoms with E-state index in [1.807, 2.05) is 18.2 Å². The molecule has 1 saturated heterocycles. The van der Waals surface area contributed by atoms with Crippen LogP contribution < -0.4 is 4.72 Å². The van der Waals surface area contributed by atoms with E-state index >= 15 is 0 Å². The predicted molar refractivity (Wildman–Crippen MR) is 125 cm³/mol. The van der Waals surface area contributed by atoms with Gasteiger partial charge in [-0.15, -0.1) is 0 Å². The van der Waals surface area contributed by atoms with Crippen molar-refractivity contribution in [3.05, 3.63) is 65.2 Å². The van der Waals surface area contributed by atoms with Crippen molar-refractivity contribution in [1.82, 2.24) is 14.5 Å². The molecule has 0 aliphatic carbocycles. The zero-order chi connectivity index (χ0) is 24.0. The van der Waals surface area contributed by atoms with Crippen molar-refractivity contribution in [2.75, 3.05) is 32.7 Å². The number of carbonyl (C=O) groups excluding carboxylic acids is 2. The fourth-order valence-electron chi connectivity index (χ4n) is 3.76. The molecule has 1 fully saturated rings. The first kappa shape index (κ1) is 24.9. The molecule has 33 heavy (non-hydrogen) atoms. The summed E-state index contributed by atoms with van der Waals surface area (Å²) in [6, 6.07) is 14.5. The van der Waals surface area contributed by atoms with Gasteiger partial charge in [0, 0.05) is 39.3 Å². The molecular weight excluding hydrogens is 442 g/mol. The maximum atomic E-state index is 12.9. The van der Waals surface area contributed by atoms with E-state index in [1.165, 1.54) is 17.7 Å². The van der Waals surface area contributed by atoms with Crippen molar-refractivity contribution in [3.8, 4) is 0 Å². The van der Waals surface area contributed by atoms with Crippen LogP contribution in [0.4, 0.5) is 0 Å². The lowest BCUT2D eigenvalue weighted by Gasteiger charge is -2.35. The molecule has 1 heterocycles. The van der Waals surface area contributed by atoms with Gasteiger partial charge in [-0.05, 0) is 37.1 Å². The van der Waals surface area contributed by atoms with Gasteiger partial charge in [-0.1, -0.05) is 43.3 Å². The number of ether oxygens (including phenoxy) is 1. The van der Waals surface area contributed by atoms with E-state index in [9.17, 15) is 18.0 Å². The van der Waals surface area contributed by atoms with E-state index in [4.69, 9.17) is 4.74 Å². The van der Waals surface area contributed by atoms with Gasteiger partial charge in [0.1, 0.15) is 0 Å². The Hall–Kier alpha value is -2.75. The molecule has 0 saturated carbocycles. The Morgan fingerprint density at radius 1 is 1.06 bits per heavy atom. The molecule has 1 aliphatic heterocycles. The maximum Gasteiger partial charge on any atom is 0.339 e. The number of aryl methyl sites for hydroxylation is 1. The van der Waals surface area contributed by atoms with Gasteiger partial charge in [-0.2, -0.15) is 0 Å². The van der Waals surface area contributed by atoms with E-state index in [-0.39, 0.29) is 22.9 Å². The van der Waals surface area contributed by atoms with Gasteiger partial charge in [0.2, 0.25) is 10.0 Å². The minimum Gasteiger partial charge on any atom is -0.449 e. The van der Waals surface area contributed by atoms with Gasteiger partial charge >= 0.3 is 5.97 Å². The molecule has 9 heteroatoms. The Labute approximate surface area is 195 Å². The van der Waals surface area contributed by atoms with Crippen LogP contribution in [0.1, 0.15) is 35.3 Å². The second kappa shape index (κ2) is 10.9. The number of hydrogen-bond acceptors (Lipinski definition) is 6. The summed E-state index contributed by atoms with van der Waals surface area (Å²) in [4.78, 5) is 29.6. The third kappa shape index (κ3) is 6.40. The van der Waals surface area contributed by atoms with E-state index < -0.39 is 22.1 Å². The van der Waals surface area contributed by atoms with Crippen LogP contribution in [-0.2, 0) is 26.1 Å². The van der Waals surface area contributed by atoms with Gasteiger partial charge in [0.25, 0.3) is 5.91 Å². The highest BCUT2D eigenvalue weighted by Crippen LogP contribution is 2.18. The highest BCUT2D eigenvalue weighted by molar-refractivity contribution is 7.89. The molecular formula is C24H31N3O5S. The van der Waals surface area contributed by atoms with Gasteiger partial charge < -0.3 is 9.64 Å². The number of piperazine rings is 1. The number of carbonyl (C=O) groups is 2. The topological polar surface area (TPSA) is 96.0 Å². The predicted octanol–water partition coefficient (Wildman–Crippen LogP) is 2.18. The average molecular weight is 474 g/mol. The summed E-state index contributed by atoms with van der Waals surface area (Å²) in [6.45, 7) is 8.58. The van der Waals surface area contributed by atoms with Crippen LogP contribution in [0, 0.1) is 6.92 Å². The molecule has 178 valence electrons. The first-order chi connectivity index (χ1) is 15.7. The molecule has 1 unspecified atom stereocenters. The SMILES string of the molecule is CCNS(=O)(=O)c1ccc(C)c(C(=O)OC(C)C(=O)N2CCN(Cc3ccccc3)CC2)c1. The number of nitrogens with one attached hydrogen (secondary N) is 1. The summed E-state index contributed by atoms with van der Waals surface area (Å²) >= 11 is 0. The maximum absolute atomic E-state index is 12.9. The quantitative estimate of drug-likeness (QED) is 0.591. The largest absolute Gasteiger partial charge is 0.449 e. The molecule has 0 bridgehead atoms. The average Bonchev–Trinajstić information content (AvgIpc) is 2.79. The van der Waals surface area contributed by atoms with Crippen LogP contribution in [0.25, 0.3) is 0 Å². The minimum absolute atomic E-state index is 0.0181. The Kier molecular flexibility index (Phi) is 8.23. The normalized spacial score (nSPS) is 15.8. The smallest absolute Gasteiger partial charge is 0.339 e. The lowest BCUT2D eigenvalue weighted by atomic mass is 10.1. The van der Waals surface area contributed by atoms with Crippen LogP contribution in [0.5, 0.6) is 0 Å². The molecule has 8 nitrogen and oxygen atoms in total. The van der Waals surface area contributed by atoms with Crippen LogP contribution in [0.2, 0.25) is 0 Å². The first-order valence-corrected chi connectivity index (χ1v) is 12.6. The Morgan fingerprint density at radius 2 is 1.73 bits per heavy atom. The van der Waals surface area contributed by atoms with Gasteiger partial charge in [0.05, 0.1) is 10.5 Å². The number of rotatable bonds is 8. The molecule has 1 aliphatic rings. The Morgan fingerprint density at radius 3 is 2.36 bits per heavy atom. The third-order valence-electron chi connectivity index (χ3n) is 5.64. The van der Waals surface area contributed by atoms with Gasteiger partial charge in [-0.25, -0.2) is 17.9 Å². The van der Waals surface area contributed by atoms with E-state index in [2.05, 4.69) is 21.8 Å². The third-order valence-corrected chi connectivity index (χ3v) is 7.18. The van der Waals surface area contributed by atoms with E-state index in [0.29, 0.717) is 18.7 Å². The fraction of sp³-hybridized carbons (Fsp3) is 0.417. The molecule has 0 spiro atoms. The number of hydrogen-bond donors (Lipinski definition) is 1. The van der Waals surface area contributed by atoms with Crippen molar-refractivity contribution < 1.29 is 22.7 Å². The molecule has 1 amide bonds. The molecule has 0 aromatic heterocycles. The second-order valence-corrected chi connectivity index (χ2v) is 9.88. The summed E-state index contributed by atoms with van der Waals surface area (Å²) in [5.41, 5.74) is 1.93. The van der Waals surface area contributed by atoms with Crippen molar-refractivity contribution in [3.63, 3.8) is 0 Å². The van der Waals surface area contributed by atoms with E-state index in [0.717, 1.165) is 19.6 Å². The van der Waals surface area contributed by atoms with Crippen LogP contribution in [0.15, 0.2) is 53.4 Å². The van der Waals surface area contributed by atoms with Gasteiger partial charge in [-0.3, -0.25) is 9.69 Å². The Balaban J connectivity index is 1.58. The van der Waals surface area contributed by atoms with Crippen molar-refractivity contribution in [1.29, 1.82) is 0 Å². The standard InChI is InChI=1S/C24H31N3O5S/c1-4-25-33(30,31)21-11-10-18(2)22(16-21)24(29)32-19(3)23(28)27-14-12-26(13-15-27)17-20-8-6-5-7-9-20/h5-11,16,19,25H,4,12-15,17H2,1-3H3. The van der Waals surface area contributed by atoms with Crippen molar-refractivity contribution in [2.24, 2.45) is 0 Å². The van der Waals surface area contributed by atoms with Crippen LogP contribution in [0.3, 0.4) is 0 Å². The number of sulfonamides is 1. The molecule has 0 radical (unpaired) electrons. The minimum atomic E-state index is -3.71. The first-order valence-electron chi connectivity index (χ1n) is 11.1. The summed E-state index contributed by atoms with van der Waals surface area (Å²) < 4.78 is 32.4. The molecule has 1 atom stereocenters. The Bertz CT molecular complexity index is 1080. The zero-order valence-corrected chi connectivity index (χ0v) is 20.1. The lowest BCUT2D eigenvalue weighted by Crippen LogP contribution is -2.51. The summed E-state index contributed by atoms with van der Waals surface area (Å²) in [5, 5.41) is 0. The lowest BCUT2D eigenvalue weighted by molar-refractivity contribution is -0.141. The van der Waals surface area contributed by atoms with E-state index in [1.54, 1.807) is 31.7 Å². The van der Waals surface area contributed by atoms with Gasteiger partial charge in [0.15, 0.2) is 6.10 Å². The van der Waals surface area contributed by atoms with Crippen molar-refractivity contribution in [2.45, 2.75) is 38.3 Å². The van der Waals surface area contributed by atoms with Crippen LogP contribution in [-0.4, -0.2) is 68.9 Å². The summed E-state index contributed by atoms with van der Waals surface area (Å²) in [6.07, 6.45) is -0.966. The highest BCUT2D eigenvalue weighted by atomic mass is 32.2. The molecule has 3 rings (SSSR count). The summed E-state index contributed by atoms with van der Waals surface area (Å²) in [5.74, 6) is -0.971. The van der Waals surface area contributed by atoms with Crippen molar-refractivity contribution >= 4 is 21.9 Å². The second-order valence-electron chi connectivity index (χ2n) is 8.11. The number of esters is 1. The zero-order valence-electron chi connectivity index (χ0n) is 19.3. The highest BCUT2D eigenvalue weighted by Gasteiger charge is 2.28. The molecule has 2 aromatic rings. The number of nitrogens with zero attached hydrogens (tertiary/aromatic N) is 2.